The first-order chi connectivity index (χ1) is 14.4. The van der Waals surface area contributed by atoms with Crippen molar-refractivity contribution < 1.29 is 9.53 Å². The second kappa shape index (κ2) is 6.79. The number of carbonyl (C=O) groups excluding carboxylic acids is 1. The van der Waals surface area contributed by atoms with E-state index in [1.165, 1.54) is 0 Å². The van der Waals surface area contributed by atoms with Crippen molar-refractivity contribution >= 4 is 11.7 Å². The van der Waals surface area contributed by atoms with Gasteiger partial charge in [-0.15, -0.1) is 5.10 Å². The summed E-state index contributed by atoms with van der Waals surface area (Å²) >= 11 is 0. The van der Waals surface area contributed by atoms with Crippen molar-refractivity contribution in [2.45, 2.75) is 32.7 Å². The highest BCUT2D eigenvalue weighted by atomic mass is 16.5. The second-order valence-corrected chi connectivity index (χ2v) is 8.58. The maximum absolute atomic E-state index is 13.2. The number of benzene rings is 1. The molecule has 3 aromatic rings. The van der Waals surface area contributed by atoms with Crippen LogP contribution in [-0.2, 0) is 4.79 Å². The Labute approximate surface area is 174 Å². The fourth-order valence-electron chi connectivity index (χ4n) is 4.35. The Hall–Kier alpha value is -3.48. The topological polar surface area (TPSA) is 81.9 Å². The van der Waals surface area contributed by atoms with Crippen LogP contribution in [0.5, 0.6) is 5.75 Å². The summed E-state index contributed by atoms with van der Waals surface area (Å²) in [4.78, 5) is 22.1. The van der Waals surface area contributed by atoms with Gasteiger partial charge in [0.05, 0.1) is 7.11 Å². The van der Waals surface area contributed by atoms with Crippen molar-refractivity contribution in [3.05, 3.63) is 65.6 Å². The second-order valence-electron chi connectivity index (χ2n) is 8.58. The van der Waals surface area contributed by atoms with E-state index in [4.69, 9.17) is 14.8 Å². The fourth-order valence-corrected chi connectivity index (χ4v) is 4.35. The molecule has 1 aliphatic heterocycles. The number of allylic oxidation sites excluding steroid dienone is 2. The average molecular weight is 401 g/mol. The number of Topliss-reactive ketones (excluding diaryl/α,β-unsaturated/α-hetero) is 1. The summed E-state index contributed by atoms with van der Waals surface area (Å²) in [7, 11) is 1.64. The number of pyridine rings is 1. The highest BCUT2D eigenvalue weighted by molar-refractivity contribution is 6.00. The van der Waals surface area contributed by atoms with Crippen LogP contribution in [0.4, 0.5) is 5.95 Å². The van der Waals surface area contributed by atoms with Gasteiger partial charge in [-0.1, -0.05) is 26.0 Å². The summed E-state index contributed by atoms with van der Waals surface area (Å²) in [6, 6.07) is 11.2. The monoisotopic (exact) mass is 401 g/mol. The molecule has 2 aliphatic rings. The van der Waals surface area contributed by atoms with Gasteiger partial charge in [0.15, 0.2) is 11.6 Å². The standard InChI is InChI=1S/C23H23N5O2/c1-23(2)12-17-19(18(29)13-23)20(14-7-9-24-10-8-14)28-22(25-17)26-21(27-28)15-5-4-6-16(11-15)30-3/h4-11,20H,12-13H2,1-3H3,(H,25,26,27). The summed E-state index contributed by atoms with van der Waals surface area (Å²) in [5.74, 6) is 2.12. The molecule has 0 saturated carbocycles. The Morgan fingerprint density at radius 2 is 1.97 bits per heavy atom. The molecule has 0 fully saturated rings. The van der Waals surface area contributed by atoms with E-state index >= 15 is 0 Å². The molecule has 0 saturated heterocycles. The van der Waals surface area contributed by atoms with Gasteiger partial charge in [0.2, 0.25) is 5.95 Å². The number of rotatable bonds is 3. The highest BCUT2D eigenvalue weighted by Crippen LogP contribution is 2.45. The summed E-state index contributed by atoms with van der Waals surface area (Å²) in [5, 5.41) is 8.20. The minimum Gasteiger partial charge on any atom is -0.497 e. The number of aromatic nitrogens is 4. The third-order valence-corrected chi connectivity index (χ3v) is 5.68. The summed E-state index contributed by atoms with van der Waals surface area (Å²) in [6.45, 7) is 4.25. The van der Waals surface area contributed by atoms with Crippen LogP contribution in [0, 0.1) is 5.41 Å². The first kappa shape index (κ1) is 18.5. The van der Waals surface area contributed by atoms with Crippen molar-refractivity contribution in [1.82, 2.24) is 19.7 Å². The van der Waals surface area contributed by atoms with E-state index in [1.807, 2.05) is 41.1 Å². The van der Waals surface area contributed by atoms with Gasteiger partial charge in [-0.25, -0.2) is 4.68 Å². The number of ketones is 1. The number of hydrogen-bond acceptors (Lipinski definition) is 6. The van der Waals surface area contributed by atoms with Crippen molar-refractivity contribution in [3.8, 4) is 17.1 Å². The molecule has 0 spiro atoms. The van der Waals surface area contributed by atoms with Crippen LogP contribution in [0.3, 0.4) is 0 Å². The van der Waals surface area contributed by atoms with Gasteiger partial charge >= 0.3 is 0 Å². The molecule has 1 unspecified atom stereocenters. The summed E-state index contributed by atoms with van der Waals surface area (Å²) < 4.78 is 7.16. The van der Waals surface area contributed by atoms with E-state index < -0.39 is 0 Å². The minimum atomic E-state index is -0.324. The number of nitrogens with one attached hydrogen (secondary N) is 1. The fraction of sp³-hybridized carbons (Fsp3) is 0.304. The lowest BCUT2D eigenvalue weighted by atomic mass is 9.73. The minimum absolute atomic E-state index is 0.0937. The molecule has 2 aromatic heterocycles. The molecule has 0 radical (unpaired) electrons. The number of nitrogens with zero attached hydrogens (tertiary/aromatic N) is 4. The maximum Gasteiger partial charge on any atom is 0.226 e. The summed E-state index contributed by atoms with van der Waals surface area (Å²) in [5.41, 5.74) is 3.45. The zero-order valence-electron chi connectivity index (χ0n) is 17.2. The largest absolute Gasteiger partial charge is 0.497 e. The number of fused-ring (bicyclic) bond motifs is 1. The Morgan fingerprint density at radius 1 is 1.17 bits per heavy atom. The van der Waals surface area contributed by atoms with E-state index in [9.17, 15) is 4.79 Å². The lowest BCUT2D eigenvalue weighted by Crippen LogP contribution is -2.36. The molecule has 7 nitrogen and oxygen atoms in total. The molecule has 3 heterocycles. The van der Waals surface area contributed by atoms with Gasteiger partial charge in [-0.3, -0.25) is 9.78 Å². The third kappa shape index (κ3) is 3.07. The number of hydrogen-bond donors (Lipinski definition) is 1. The van der Waals surface area contributed by atoms with E-state index in [-0.39, 0.29) is 17.2 Å². The predicted molar refractivity (Wildman–Crippen MR) is 113 cm³/mol. The van der Waals surface area contributed by atoms with Crippen molar-refractivity contribution in [3.63, 3.8) is 0 Å². The van der Waals surface area contributed by atoms with E-state index in [1.54, 1.807) is 19.5 Å². The average Bonchev–Trinajstić information content (AvgIpc) is 3.15. The van der Waals surface area contributed by atoms with Crippen LogP contribution < -0.4 is 10.1 Å². The van der Waals surface area contributed by atoms with Crippen molar-refractivity contribution in [2.75, 3.05) is 12.4 Å². The van der Waals surface area contributed by atoms with E-state index in [0.717, 1.165) is 34.6 Å². The SMILES string of the molecule is COc1cccc(-c2nc3n(n2)C(c2ccncc2)C2=C(CC(C)(C)CC2=O)N3)c1. The number of methoxy groups -OCH3 is 1. The molecule has 30 heavy (non-hydrogen) atoms. The quantitative estimate of drug-likeness (QED) is 0.714. The smallest absolute Gasteiger partial charge is 0.226 e. The first-order valence-corrected chi connectivity index (χ1v) is 9.99. The Morgan fingerprint density at radius 3 is 2.73 bits per heavy atom. The number of carbonyl (C=O) groups is 1. The third-order valence-electron chi connectivity index (χ3n) is 5.68. The van der Waals surface area contributed by atoms with Crippen LogP contribution in [0.15, 0.2) is 60.1 Å². The molecule has 5 rings (SSSR count). The van der Waals surface area contributed by atoms with Gasteiger partial charge < -0.3 is 10.1 Å². The normalized spacial score (nSPS) is 19.7. The van der Waals surface area contributed by atoms with Gasteiger partial charge in [0.1, 0.15) is 11.8 Å². The molecule has 0 bridgehead atoms. The number of anilines is 1. The van der Waals surface area contributed by atoms with Crippen LogP contribution >= 0.6 is 0 Å². The first-order valence-electron chi connectivity index (χ1n) is 9.99. The highest BCUT2D eigenvalue weighted by Gasteiger charge is 2.41. The molecule has 0 amide bonds. The zero-order chi connectivity index (χ0) is 20.9. The van der Waals surface area contributed by atoms with E-state index in [2.05, 4.69) is 24.1 Å². The molecule has 1 N–H and O–H groups in total. The van der Waals surface area contributed by atoms with Crippen molar-refractivity contribution in [2.24, 2.45) is 5.41 Å². The Balaban J connectivity index is 1.66. The lowest BCUT2D eigenvalue weighted by molar-refractivity contribution is -0.118. The molecule has 1 aromatic carbocycles. The number of ether oxygens (including phenoxy) is 1. The van der Waals surface area contributed by atoms with Crippen LogP contribution in [0.1, 0.15) is 38.3 Å². The van der Waals surface area contributed by atoms with Gasteiger partial charge in [0, 0.05) is 35.6 Å². The van der Waals surface area contributed by atoms with Crippen molar-refractivity contribution in [1.29, 1.82) is 0 Å². The van der Waals surface area contributed by atoms with Gasteiger partial charge in [-0.2, -0.15) is 4.98 Å². The van der Waals surface area contributed by atoms with Crippen LogP contribution in [-0.4, -0.2) is 32.6 Å². The van der Waals surface area contributed by atoms with Crippen LogP contribution in [0.2, 0.25) is 0 Å². The molecule has 1 atom stereocenters. The van der Waals surface area contributed by atoms with Crippen LogP contribution in [0.25, 0.3) is 11.4 Å². The predicted octanol–water partition coefficient (Wildman–Crippen LogP) is 4.01. The molecular formula is C23H23N5O2. The Kier molecular flexibility index (Phi) is 4.20. The van der Waals surface area contributed by atoms with Gasteiger partial charge in [-0.05, 0) is 41.7 Å². The summed E-state index contributed by atoms with van der Waals surface area (Å²) in [6.07, 6.45) is 4.79. The lowest BCUT2D eigenvalue weighted by Gasteiger charge is -2.38. The van der Waals surface area contributed by atoms with Gasteiger partial charge in [0.25, 0.3) is 0 Å². The maximum atomic E-state index is 13.2. The molecule has 1 aliphatic carbocycles. The molecule has 152 valence electrons. The zero-order valence-corrected chi connectivity index (χ0v) is 17.2. The van der Waals surface area contributed by atoms with E-state index in [0.29, 0.717) is 18.2 Å². The molecule has 7 heteroatoms. The Bertz CT molecular complexity index is 1160. The molecular weight excluding hydrogens is 378 g/mol.